The lowest BCUT2D eigenvalue weighted by molar-refractivity contribution is -0.143. The van der Waals surface area contributed by atoms with Crippen molar-refractivity contribution in [3.05, 3.63) is 65.7 Å². The molecule has 7 heteroatoms. The number of amides is 1. The van der Waals surface area contributed by atoms with Crippen LogP contribution in [0.3, 0.4) is 0 Å². The van der Waals surface area contributed by atoms with Crippen LogP contribution < -0.4 is 10.1 Å². The monoisotopic (exact) mass is 400 g/mol. The molecule has 0 atom stereocenters. The molecular weight excluding hydrogens is 376 g/mol. The van der Waals surface area contributed by atoms with Crippen LogP contribution in [0.25, 0.3) is 0 Å². The van der Waals surface area contributed by atoms with Gasteiger partial charge in [-0.3, -0.25) is 14.9 Å². The normalized spacial score (nSPS) is 10.1. The van der Waals surface area contributed by atoms with Gasteiger partial charge in [0, 0.05) is 18.7 Å². The first-order chi connectivity index (χ1) is 13.5. The second-order valence-corrected chi connectivity index (χ2v) is 6.34. The maximum absolute atomic E-state index is 12.5. The Balaban J connectivity index is 2.05. The average molecular weight is 401 g/mol. The Morgan fingerprint density at radius 3 is 2.36 bits per heavy atom. The molecule has 0 aromatic heterocycles. The maximum Gasteiger partial charge on any atom is 0.307 e. The van der Waals surface area contributed by atoms with Gasteiger partial charge in [-0.15, -0.1) is 0 Å². The van der Waals surface area contributed by atoms with Gasteiger partial charge in [-0.2, -0.15) is 0 Å². The molecule has 1 N–H and O–H groups in total. The van der Waals surface area contributed by atoms with Crippen molar-refractivity contribution in [2.45, 2.75) is 19.9 Å². The van der Waals surface area contributed by atoms with E-state index >= 15 is 0 Å². The molecule has 0 aliphatic rings. The van der Waals surface area contributed by atoms with E-state index in [1.165, 1.54) is 0 Å². The Kier molecular flexibility index (Phi) is 8.42. The number of hydrogen-bond acceptors (Lipinski definition) is 5. The first-order valence-corrected chi connectivity index (χ1v) is 9.38. The van der Waals surface area contributed by atoms with Crippen molar-refractivity contribution >= 4 is 29.2 Å². The lowest BCUT2D eigenvalue weighted by Gasteiger charge is -2.25. The van der Waals surface area contributed by atoms with Gasteiger partial charge in [0.05, 0.1) is 20.1 Å². The van der Waals surface area contributed by atoms with Crippen molar-refractivity contribution in [3.63, 3.8) is 0 Å². The average Bonchev–Trinajstić information content (AvgIpc) is 2.72. The summed E-state index contributed by atoms with van der Waals surface area (Å²) in [4.78, 5) is 26.0. The number of esters is 1. The Hall–Kier alpha value is -2.93. The fourth-order valence-corrected chi connectivity index (χ4v) is 2.75. The standard InChI is InChI=1S/C21H24N2O4S/c1-3-27-19(24)13-14-23(15-16-7-5-4-6-8-16)21(28)22-20(25)17-9-11-18(26-2)12-10-17/h4-12H,3,13-15H2,1-2H3,(H,22,25,28). The lowest BCUT2D eigenvalue weighted by Crippen LogP contribution is -2.43. The summed E-state index contributed by atoms with van der Waals surface area (Å²) in [5, 5.41) is 2.99. The van der Waals surface area contributed by atoms with Crippen LogP contribution >= 0.6 is 12.2 Å². The van der Waals surface area contributed by atoms with Gasteiger partial charge in [-0.1, -0.05) is 30.3 Å². The van der Waals surface area contributed by atoms with Crippen molar-refractivity contribution in [2.75, 3.05) is 20.3 Å². The van der Waals surface area contributed by atoms with E-state index in [1.54, 1.807) is 43.2 Å². The van der Waals surface area contributed by atoms with Crippen LogP contribution in [-0.4, -0.2) is 42.2 Å². The number of benzene rings is 2. The summed E-state index contributed by atoms with van der Waals surface area (Å²) in [7, 11) is 1.56. The van der Waals surface area contributed by atoms with Gasteiger partial charge in [0.1, 0.15) is 5.75 Å². The molecular formula is C21H24N2O4S. The lowest BCUT2D eigenvalue weighted by atomic mass is 10.2. The molecule has 0 fully saturated rings. The Morgan fingerprint density at radius 2 is 1.75 bits per heavy atom. The molecule has 0 heterocycles. The Morgan fingerprint density at radius 1 is 1.07 bits per heavy atom. The number of ether oxygens (including phenoxy) is 2. The van der Waals surface area contributed by atoms with Gasteiger partial charge in [0.25, 0.3) is 5.91 Å². The van der Waals surface area contributed by atoms with Gasteiger partial charge in [-0.25, -0.2) is 0 Å². The Bertz CT molecular complexity index is 794. The second kappa shape index (κ2) is 11.0. The molecule has 0 spiro atoms. The van der Waals surface area contributed by atoms with Crippen LogP contribution in [0.5, 0.6) is 5.75 Å². The predicted molar refractivity (Wildman–Crippen MR) is 111 cm³/mol. The minimum Gasteiger partial charge on any atom is -0.497 e. The van der Waals surface area contributed by atoms with Gasteiger partial charge >= 0.3 is 5.97 Å². The van der Waals surface area contributed by atoms with Crippen LogP contribution in [-0.2, 0) is 16.1 Å². The third-order valence-electron chi connectivity index (χ3n) is 3.97. The maximum atomic E-state index is 12.5. The summed E-state index contributed by atoms with van der Waals surface area (Å²) < 4.78 is 10.1. The van der Waals surface area contributed by atoms with E-state index in [0.29, 0.717) is 31.0 Å². The SMILES string of the molecule is CCOC(=O)CCN(Cc1ccccc1)C(=S)NC(=O)c1ccc(OC)cc1. The molecule has 2 rings (SSSR count). The van der Waals surface area contributed by atoms with Crippen molar-refractivity contribution in [1.82, 2.24) is 10.2 Å². The number of methoxy groups -OCH3 is 1. The zero-order valence-electron chi connectivity index (χ0n) is 16.0. The molecule has 0 aliphatic carbocycles. The third-order valence-corrected chi connectivity index (χ3v) is 4.33. The van der Waals surface area contributed by atoms with Crippen molar-refractivity contribution in [1.29, 1.82) is 0 Å². The second-order valence-electron chi connectivity index (χ2n) is 5.95. The van der Waals surface area contributed by atoms with E-state index in [0.717, 1.165) is 5.56 Å². The zero-order valence-corrected chi connectivity index (χ0v) is 16.8. The topological polar surface area (TPSA) is 67.9 Å². The van der Waals surface area contributed by atoms with E-state index in [-0.39, 0.29) is 23.4 Å². The van der Waals surface area contributed by atoms with E-state index in [9.17, 15) is 9.59 Å². The summed E-state index contributed by atoms with van der Waals surface area (Å²) >= 11 is 5.43. The first kappa shape index (κ1) is 21.4. The molecule has 0 saturated carbocycles. The van der Waals surface area contributed by atoms with Gasteiger partial charge in [-0.05, 0) is 49.0 Å². The number of nitrogens with zero attached hydrogens (tertiary/aromatic N) is 1. The highest BCUT2D eigenvalue weighted by molar-refractivity contribution is 7.80. The molecule has 0 bridgehead atoms. The van der Waals surface area contributed by atoms with Crippen LogP contribution in [0.1, 0.15) is 29.3 Å². The molecule has 0 unspecified atom stereocenters. The van der Waals surface area contributed by atoms with E-state index in [1.807, 2.05) is 30.3 Å². The predicted octanol–water partition coefficient (Wildman–Crippen LogP) is 3.17. The minimum atomic E-state index is -0.318. The van der Waals surface area contributed by atoms with Crippen molar-refractivity contribution < 1.29 is 19.1 Å². The van der Waals surface area contributed by atoms with E-state index < -0.39 is 0 Å². The van der Waals surface area contributed by atoms with E-state index in [2.05, 4.69) is 5.32 Å². The van der Waals surface area contributed by atoms with Crippen LogP contribution in [0.4, 0.5) is 0 Å². The number of rotatable bonds is 8. The number of hydrogen-bond donors (Lipinski definition) is 1. The third kappa shape index (κ3) is 6.66. The molecule has 2 aromatic rings. The molecule has 0 aliphatic heterocycles. The molecule has 2 aromatic carbocycles. The minimum absolute atomic E-state index is 0.180. The number of thiocarbonyl (C=S) groups is 1. The van der Waals surface area contributed by atoms with Crippen molar-refractivity contribution in [2.24, 2.45) is 0 Å². The highest BCUT2D eigenvalue weighted by Crippen LogP contribution is 2.12. The summed E-state index contributed by atoms with van der Waals surface area (Å²) in [6.45, 7) is 2.91. The quantitative estimate of drug-likeness (QED) is 0.542. The molecule has 0 radical (unpaired) electrons. The summed E-state index contributed by atoms with van der Waals surface area (Å²) in [5.74, 6) is 0.0472. The summed E-state index contributed by atoms with van der Waals surface area (Å²) in [6, 6.07) is 16.5. The Labute approximate surface area is 170 Å². The highest BCUT2D eigenvalue weighted by atomic mass is 32.1. The molecule has 0 saturated heterocycles. The molecule has 28 heavy (non-hydrogen) atoms. The smallest absolute Gasteiger partial charge is 0.307 e. The highest BCUT2D eigenvalue weighted by Gasteiger charge is 2.16. The van der Waals surface area contributed by atoms with Crippen LogP contribution in [0, 0.1) is 0 Å². The number of carbonyl (C=O) groups is 2. The fraction of sp³-hybridized carbons (Fsp3) is 0.286. The van der Waals surface area contributed by atoms with Crippen molar-refractivity contribution in [3.8, 4) is 5.75 Å². The molecule has 6 nitrogen and oxygen atoms in total. The molecule has 148 valence electrons. The van der Waals surface area contributed by atoms with Gasteiger partial charge in [0.15, 0.2) is 5.11 Å². The summed E-state index contributed by atoms with van der Waals surface area (Å²) in [5.41, 5.74) is 1.49. The number of carbonyl (C=O) groups excluding carboxylic acids is 2. The van der Waals surface area contributed by atoms with Crippen LogP contribution in [0.2, 0.25) is 0 Å². The van der Waals surface area contributed by atoms with Gasteiger partial charge < -0.3 is 14.4 Å². The number of nitrogens with one attached hydrogen (secondary N) is 1. The summed E-state index contributed by atoms with van der Waals surface area (Å²) in [6.07, 6.45) is 0.180. The first-order valence-electron chi connectivity index (χ1n) is 8.97. The largest absolute Gasteiger partial charge is 0.497 e. The molecule has 1 amide bonds. The zero-order chi connectivity index (χ0) is 20.4. The van der Waals surface area contributed by atoms with E-state index in [4.69, 9.17) is 21.7 Å². The van der Waals surface area contributed by atoms with Gasteiger partial charge in [0.2, 0.25) is 0 Å². The van der Waals surface area contributed by atoms with Crippen LogP contribution in [0.15, 0.2) is 54.6 Å². The fourth-order valence-electron chi connectivity index (χ4n) is 2.51.